The fourth-order valence-electron chi connectivity index (χ4n) is 1.75. The van der Waals surface area contributed by atoms with Crippen LogP contribution in [0.3, 0.4) is 0 Å². The monoisotopic (exact) mass is 216 g/mol. The van der Waals surface area contributed by atoms with Gasteiger partial charge in [0.25, 0.3) is 0 Å². The molecular weight excluding hydrogens is 200 g/mol. The van der Waals surface area contributed by atoms with Crippen LogP contribution >= 0.6 is 0 Å². The van der Waals surface area contributed by atoms with Gasteiger partial charge in [0, 0.05) is 19.2 Å². The van der Waals surface area contributed by atoms with Gasteiger partial charge in [0.15, 0.2) is 0 Å². The molecular formula is C12H16N4. The summed E-state index contributed by atoms with van der Waals surface area (Å²) in [7, 11) is 1.96. The standard InChI is InChI=1S/C12H16N4/c1-9(6-12-15-14-8-16(12)2)10-4-3-5-11(13)7-10/h3-5,7-9H,6,13H2,1-2H3/t9-/m1/s1. The van der Waals surface area contributed by atoms with E-state index in [9.17, 15) is 0 Å². The lowest BCUT2D eigenvalue weighted by Gasteiger charge is -2.11. The number of benzene rings is 1. The lowest BCUT2D eigenvalue weighted by atomic mass is 9.97. The number of aromatic nitrogens is 3. The molecule has 0 saturated carbocycles. The molecule has 2 rings (SSSR count). The first kappa shape index (κ1) is 10.7. The van der Waals surface area contributed by atoms with Crippen molar-refractivity contribution in [1.29, 1.82) is 0 Å². The molecule has 0 aliphatic heterocycles. The van der Waals surface area contributed by atoms with Crippen LogP contribution in [0.1, 0.15) is 24.2 Å². The van der Waals surface area contributed by atoms with Gasteiger partial charge in [-0.1, -0.05) is 19.1 Å². The van der Waals surface area contributed by atoms with Crippen molar-refractivity contribution in [2.75, 3.05) is 5.73 Å². The minimum absolute atomic E-state index is 0.395. The van der Waals surface area contributed by atoms with E-state index in [1.807, 2.05) is 29.8 Å². The predicted molar refractivity (Wildman–Crippen MR) is 64.0 cm³/mol. The Labute approximate surface area is 95.1 Å². The Hall–Kier alpha value is -1.84. The Morgan fingerprint density at radius 3 is 2.88 bits per heavy atom. The van der Waals surface area contributed by atoms with Crippen LogP contribution in [-0.4, -0.2) is 14.8 Å². The van der Waals surface area contributed by atoms with Gasteiger partial charge >= 0.3 is 0 Å². The molecule has 0 radical (unpaired) electrons. The number of nitrogen functional groups attached to an aromatic ring is 1. The van der Waals surface area contributed by atoms with Crippen LogP contribution in [0.4, 0.5) is 5.69 Å². The highest BCUT2D eigenvalue weighted by Gasteiger charge is 2.10. The Kier molecular flexibility index (Phi) is 2.90. The van der Waals surface area contributed by atoms with Crippen molar-refractivity contribution < 1.29 is 0 Å². The van der Waals surface area contributed by atoms with E-state index in [0.717, 1.165) is 17.9 Å². The lowest BCUT2D eigenvalue weighted by Crippen LogP contribution is -2.04. The minimum Gasteiger partial charge on any atom is -0.399 e. The predicted octanol–water partition coefficient (Wildman–Crippen LogP) is 1.74. The zero-order valence-corrected chi connectivity index (χ0v) is 9.59. The quantitative estimate of drug-likeness (QED) is 0.795. The van der Waals surface area contributed by atoms with Crippen LogP contribution < -0.4 is 5.73 Å². The summed E-state index contributed by atoms with van der Waals surface area (Å²) in [4.78, 5) is 0. The lowest BCUT2D eigenvalue weighted by molar-refractivity contribution is 0.681. The molecule has 1 atom stereocenters. The van der Waals surface area contributed by atoms with Gasteiger partial charge in [-0.2, -0.15) is 0 Å². The summed E-state index contributed by atoms with van der Waals surface area (Å²) in [5, 5.41) is 7.96. The summed E-state index contributed by atoms with van der Waals surface area (Å²) >= 11 is 0. The third-order valence-corrected chi connectivity index (χ3v) is 2.77. The summed E-state index contributed by atoms with van der Waals surface area (Å²) in [5.74, 6) is 1.39. The van der Waals surface area contributed by atoms with Crippen LogP contribution in [0, 0.1) is 0 Å². The van der Waals surface area contributed by atoms with Crippen molar-refractivity contribution in [3.63, 3.8) is 0 Å². The summed E-state index contributed by atoms with van der Waals surface area (Å²) < 4.78 is 1.95. The molecule has 0 saturated heterocycles. The Morgan fingerprint density at radius 2 is 2.25 bits per heavy atom. The highest BCUT2D eigenvalue weighted by molar-refractivity contribution is 5.41. The normalized spacial score (nSPS) is 12.6. The Balaban J connectivity index is 2.14. The molecule has 1 aromatic carbocycles. The Morgan fingerprint density at radius 1 is 1.44 bits per heavy atom. The fraction of sp³-hybridized carbons (Fsp3) is 0.333. The highest BCUT2D eigenvalue weighted by Crippen LogP contribution is 2.20. The van der Waals surface area contributed by atoms with Crippen LogP contribution in [-0.2, 0) is 13.5 Å². The average molecular weight is 216 g/mol. The molecule has 0 bridgehead atoms. The largest absolute Gasteiger partial charge is 0.399 e. The number of nitrogens with zero attached hydrogens (tertiary/aromatic N) is 3. The van der Waals surface area contributed by atoms with Crippen LogP contribution in [0.25, 0.3) is 0 Å². The molecule has 16 heavy (non-hydrogen) atoms. The van der Waals surface area contributed by atoms with Crippen molar-refractivity contribution in [2.24, 2.45) is 7.05 Å². The van der Waals surface area contributed by atoms with Gasteiger partial charge in [-0.3, -0.25) is 0 Å². The molecule has 4 nitrogen and oxygen atoms in total. The summed E-state index contributed by atoms with van der Waals surface area (Å²) in [6.07, 6.45) is 2.60. The van der Waals surface area contributed by atoms with E-state index >= 15 is 0 Å². The van der Waals surface area contributed by atoms with Crippen LogP contribution in [0.2, 0.25) is 0 Å². The molecule has 0 amide bonds. The summed E-state index contributed by atoms with van der Waals surface area (Å²) in [6.45, 7) is 2.17. The SMILES string of the molecule is C[C@H](Cc1nncn1C)c1cccc(N)c1. The maximum atomic E-state index is 5.77. The zero-order chi connectivity index (χ0) is 11.5. The molecule has 84 valence electrons. The van der Waals surface area contributed by atoms with Gasteiger partial charge in [0.05, 0.1) is 0 Å². The third-order valence-electron chi connectivity index (χ3n) is 2.77. The molecule has 2 N–H and O–H groups in total. The second kappa shape index (κ2) is 4.35. The smallest absolute Gasteiger partial charge is 0.133 e. The van der Waals surface area contributed by atoms with E-state index in [4.69, 9.17) is 5.73 Å². The van der Waals surface area contributed by atoms with Gasteiger partial charge < -0.3 is 10.3 Å². The molecule has 1 heterocycles. The van der Waals surface area contributed by atoms with E-state index in [1.54, 1.807) is 6.33 Å². The number of hydrogen-bond donors (Lipinski definition) is 1. The van der Waals surface area contributed by atoms with Crippen molar-refractivity contribution in [1.82, 2.24) is 14.8 Å². The van der Waals surface area contributed by atoms with Crippen LogP contribution in [0.15, 0.2) is 30.6 Å². The molecule has 0 fully saturated rings. The molecule has 1 aromatic heterocycles. The second-order valence-corrected chi connectivity index (χ2v) is 4.13. The Bertz CT molecular complexity index is 475. The topological polar surface area (TPSA) is 56.7 Å². The van der Waals surface area contributed by atoms with Gasteiger partial charge in [0.1, 0.15) is 12.2 Å². The maximum Gasteiger partial charge on any atom is 0.133 e. The van der Waals surface area contributed by atoms with Crippen molar-refractivity contribution in [2.45, 2.75) is 19.3 Å². The molecule has 0 spiro atoms. The fourth-order valence-corrected chi connectivity index (χ4v) is 1.75. The highest BCUT2D eigenvalue weighted by atomic mass is 15.2. The van der Waals surface area contributed by atoms with E-state index in [-0.39, 0.29) is 0 Å². The van der Waals surface area contributed by atoms with Crippen LogP contribution in [0.5, 0.6) is 0 Å². The van der Waals surface area contributed by atoms with E-state index in [1.165, 1.54) is 5.56 Å². The molecule has 4 heteroatoms. The average Bonchev–Trinajstić information content (AvgIpc) is 2.64. The van der Waals surface area contributed by atoms with Gasteiger partial charge in [-0.05, 0) is 23.6 Å². The van der Waals surface area contributed by atoms with E-state index in [2.05, 4.69) is 23.2 Å². The van der Waals surface area contributed by atoms with Crippen molar-refractivity contribution in [3.8, 4) is 0 Å². The van der Waals surface area contributed by atoms with Gasteiger partial charge in [-0.25, -0.2) is 0 Å². The summed E-state index contributed by atoms with van der Waals surface area (Å²) in [6, 6.07) is 7.99. The zero-order valence-electron chi connectivity index (χ0n) is 9.59. The second-order valence-electron chi connectivity index (χ2n) is 4.13. The first-order valence-corrected chi connectivity index (χ1v) is 5.35. The molecule has 0 aliphatic rings. The first-order valence-electron chi connectivity index (χ1n) is 5.35. The van der Waals surface area contributed by atoms with E-state index < -0.39 is 0 Å². The number of aryl methyl sites for hydroxylation is 1. The van der Waals surface area contributed by atoms with E-state index in [0.29, 0.717) is 5.92 Å². The number of rotatable bonds is 3. The first-order chi connectivity index (χ1) is 7.66. The maximum absolute atomic E-state index is 5.77. The summed E-state index contributed by atoms with van der Waals surface area (Å²) in [5.41, 5.74) is 7.81. The van der Waals surface area contributed by atoms with Crippen molar-refractivity contribution >= 4 is 5.69 Å². The third kappa shape index (κ3) is 2.21. The van der Waals surface area contributed by atoms with Gasteiger partial charge in [0.2, 0.25) is 0 Å². The molecule has 0 unspecified atom stereocenters. The minimum atomic E-state index is 0.395. The van der Waals surface area contributed by atoms with Gasteiger partial charge in [-0.15, -0.1) is 10.2 Å². The number of hydrogen-bond acceptors (Lipinski definition) is 3. The number of anilines is 1. The number of nitrogens with two attached hydrogens (primary N) is 1. The molecule has 2 aromatic rings. The molecule has 0 aliphatic carbocycles. The van der Waals surface area contributed by atoms with Crippen molar-refractivity contribution in [3.05, 3.63) is 42.0 Å².